The molecule has 1 atom stereocenters. The van der Waals surface area contributed by atoms with E-state index >= 15 is 0 Å². The van der Waals surface area contributed by atoms with E-state index in [2.05, 4.69) is 18.8 Å². The van der Waals surface area contributed by atoms with Gasteiger partial charge in [0.25, 0.3) is 5.56 Å². The van der Waals surface area contributed by atoms with E-state index in [-0.39, 0.29) is 5.56 Å². The van der Waals surface area contributed by atoms with Crippen molar-refractivity contribution in [2.24, 2.45) is 11.7 Å². The molecule has 0 bridgehead atoms. The second-order valence-corrected chi connectivity index (χ2v) is 8.44. The number of para-hydroxylation sites is 1. The molecule has 1 heterocycles. The Morgan fingerprint density at radius 3 is 2.54 bits per heavy atom. The lowest BCUT2D eigenvalue weighted by molar-refractivity contribution is -0.117. The number of hydrogen-bond donors (Lipinski definition) is 1. The van der Waals surface area contributed by atoms with E-state index in [0.717, 1.165) is 18.8 Å². The molecular formula is C20H29N3O2S. The number of unbranched alkanes of at least 4 members (excludes halogenated alkanes) is 3. The molecule has 2 rings (SSSR count). The predicted octanol–water partition coefficient (Wildman–Crippen LogP) is 3.97. The van der Waals surface area contributed by atoms with Crippen molar-refractivity contribution in [3.05, 3.63) is 34.6 Å². The first-order valence-electron chi connectivity index (χ1n) is 9.35. The molecular weight excluding hydrogens is 346 g/mol. The highest BCUT2D eigenvalue weighted by Gasteiger charge is 2.17. The van der Waals surface area contributed by atoms with Gasteiger partial charge in [-0.1, -0.05) is 63.4 Å². The van der Waals surface area contributed by atoms with Gasteiger partial charge in [0.05, 0.1) is 16.2 Å². The van der Waals surface area contributed by atoms with Gasteiger partial charge in [-0.25, -0.2) is 4.98 Å². The summed E-state index contributed by atoms with van der Waals surface area (Å²) in [7, 11) is 0. The molecule has 6 heteroatoms. The maximum Gasteiger partial charge on any atom is 0.262 e. The zero-order valence-electron chi connectivity index (χ0n) is 15.9. The van der Waals surface area contributed by atoms with Crippen molar-refractivity contribution in [2.75, 3.05) is 0 Å². The van der Waals surface area contributed by atoms with Gasteiger partial charge >= 0.3 is 0 Å². The first-order valence-corrected chi connectivity index (χ1v) is 10.2. The highest BCUT2D eigenvalue weighted by atomic mass is 32.2. The molecule has 0 saturated carbocycles. The van der Waals surface area contributed by atoms with E-state index in [4.69, 9.17) is 5.73 Å². The monoisotopic (exact) mass is 375 g/mol. The summed E-state index contributed by atoms with van der Waals surface area (Å²) in [6.07, 6.45) is 5.66. The Morgan fingerprint density at radius 1 is 1.15 bits per heavy atom. The number of nitrogens with two attached hydrogens (primary N) is 1. The number of rotatable bonds is 10. The van der Waals surface area contributed by atoms with Gasteiger partial charge in [-0.3, -0.25) is 14.2 Å². The Balaban J connectivity index is 2.17. The maximum atomic E-state index is 12.9. The maximum absolute atomic E-state index is 12.9. The fraction of sp³-hybridized carbons (Fsp3) is 0.550. The van der Waals surface area contributed by atoms with Crippen LogP contribution in [0.3, 0.4) is 0 Å². The summed E-state index contributed by atoms with van der Waals surface area (Å²) in [5, 5.41) is 0.755. The molecule has 0 aliphatic heterocycles. The van der Waals surface area contributed by atoms with E-state index in [1.54, 1.807) is 17.6 Å². The zero-order chi connectivity index (χ0) is 19.1. The Bertz CT molecular complexity index is 801. The fourth-order valence-electron chi connectivity index (χ4n) is 2.83. The zero-order valence-corrected chi connectivity index (χ0v) is 16.7. The van der Waals surface area contributed by atoms with Crippen molar-refractivity contribution in [3.8, 4) is 0 Å². The van der Waals surface area contributed by atoms with Crippen LogP contribution in [0.25, 0.3) is 10.9 Å². The Morgan fingerprint density at radius 2 is 1.85 bits per heavy atom. The van der Waals surface area contributed by atoms with Crippen molar-refractivity contribution in [2.45, 2.75) is 69.8 Å². The molecule has 0 saturated heterocycles. The van der Waals surface area contributed by atoms with Gasteiger partial charge < -0.3 is 5.73 Å². The minimum Gasteiger partial charge on any atom is -0.369 e. The SMILES string of the molecule is CC(C)CCCCCCn1c(S[C@@H](C)C(N)=O)nc2ccccc2c1=O. The average molecular weight is 376 g/mol. The van der Waals surface area contributed by atoms with Crippen LogP contribution >= 0.6 is 11.8 Å². The highest BCUT2D eigenvalue weighted by Crippen LogP contribution is 2.23. The smallest absolute Gasteiger partial charge is 0.262 e. The van der Waals surface area contributed by atoms with E-state index in [0.29, 0.717) is 22.6 Å². The molecule has 1 aromatic heterocycles. The fourth-order valence-corrected chi connectivity index (χ4v) is 3.71. The number of fused-ring (bicyclic) bond motifs is 1. The lowest BCUT2D eigenvalue weighted by atomic mass is 10.0. The second-order valence-electron chi connectivity index (χ2n) is 7.13. The predicted molar refractivity (Wildman–Crippen MR) is 108 cm³/mol. The van der Waals surface area contributed by atoms with Gasteiger partial charge in [0.1, 0.15) is 0 Å². The number of nitrogens with zero attached hydrogens (tertiary/aromatic N) is 2. The van der Waals surface area contributed by atoms with Gasteiger partial charge in [-0.05, 0) is 31.4 Å². The summed E-state index contributed by atoms with van der Waals surface area (Å²) in [5.74, 6) is 0.332. The summed E-state index contributed by atoms with van der Waals surface area (Å²) >= 11 is 1.26. The minimum atomic E-state index is -0.430. The molecule has 1 aromatic carbocycles. The molecule has 0 aliphatic carbocycles. The summed E-state index contributed by atoms with van der Waals surface area (Å²) in [5.41, 5.74) is 6.00. The molecule has 2 N–H and O–H groups in total. The number of thioether (sulfide) groups is 1. The van der Waals surface area contributed by atoms with E-state index in [9.17, 15) is 9.59 Å². The number of benzene rings is 1. The average Bonchev–Trinajstić information content (AvgIpc) is 2.59. The minimum absolute atomic E-state index is 0.0445. The number of primary amides is 1. The Kier molecular flexibility index (Phi) is 7.69. The Hall–Kier alpha value is -1.82. The molecule has 0 spiro atoms. The largest absolute Gasteiger partial charge is 0.369 e. The number of hydrogen-bond acceptors (Lipinski definition) is 4. The first-order chi connectivity index (χ1) is 12.4. The number of carbonyl (C=O) groups is 1. The molecule has 0 radical (unpaired) electrons. The third-order valence-corrected chi connectivity index (χ3v) is 5.53. The molecule has 0 fully saturated rings. The summed E-state index contributed by atoms with van der Waals surface area (Å²) in [6.45, 7) is 6.84. The van der Waals surface area contributed by atoms with Gasteiger partial charge in [-0.15, -0.1) is 0 Å². The van der Waals surface area contributed by atoms with Crippen LogP contribution in [0.2, 0.25) is 0 Å². The van der Waals surface area contributed by atoms with Gasteiger partial charge in [0, 0.05) is 6.54 Å². The topological polar surface area (TPSA) is 78.0 Å². The highest BCUT2D eigenvalue weighted by molar-refractivity contribution is 8.00. The van der Waals surface area contributed by atoms with E-state index < -0.39 is 11.2 Å². The lowest BCUT2D eigenvalue weighted by Gasteiger charge is -2.15. The van der Waals surface area contributed by atoms with Crippen molar-refractivity contribution in [3.63, 3.8) is 0 Å². The number of aromatic nitrogens is 2. The van der Waals surface area contributed by atoms with E-state index in [1.165, 1.54) is 31.0 Å². The van der Waals surface area contributed by atoms with Gasteiger partial charge in [-0.2, -0.15) is 0 Å². The molecule has 2 aromatic rings. The summed E-state index contributed by atoms with van der Waals surface area (Å²) in [6, 6.07) is 7.34. The van der Waals surface area contributed by atoms with Crippen LogP contribution in [0, 0.1) is 5.92 Å². The van der Waals surface area contributed by atoms with Crippen LogP contribution < -0.4 is 11.3 Å². The van der Waals surface area contributed by atoms with E-state index in [1.807, 2.05) is 18.2 Å². The standard InChI is InChI=1S/C20H29N3O2S/c1-14(2)10-6-4-5-9-13-23-19(25)16-11-7-8-12-17(16)22-20(23)26-15(3)18(21)24/h7-8,11-12,14-15H,4-6,9-10,13H2,1-3H3,(H2,21,24)/t15-/m0/s1. The number of carbonyl (C=O) groups excluding carboxylic acids is 1. The third-order valence-electron chi connectivity index (χ3n) is 4.42. The van der Waals surface area contributed by atoms with Crippen LogP contribution in [0.15, 0.2) is 34.2 Å². The number of amides is 1. The van der Waals surface area contributed by atoms with Crippen molar-refractivity contribution in [1.29, 1.82) is 0 Å². The van der Waals surface area contributed by atoms with Crippen LogP contribution in [0.4, 0.5) is 0 Å². The first kappa shape index (κ1) is 20.5. The van der Waals surface area contributed by atoms with Crippen molar-refractivity contribution >= 4 is 28.6 Å². The Labute approximate surface area is 159 Å². The molecule has 0 unspecified atom stereocenters. The molecule has 0 aliphatic rings. The van der Waals surface area contributed by atoms with Crippen LogP contribution in [-0.4, -0.2) is 20.7 Å². The molecule has 26 heavy (non-hydrogen) atoms. The molecule has 142 valence electrons. The molecule has 1 amide bonds. The van der Waals surface area contributed by atoms with Crippen LogP contribution in [0.5, 0.6) is 0 Å². The van der Waals surface area contributed by atoms with Gasteiger partial charge in [0.2, 0.25) is 5.91 Å². The van der Waals surface area contributed by atoms with Crippen LogP contribution in [0.1, 0.15) is 52.9 Å². The second kappa shape index (κ2) is 9.76. The van der Waals surface area contributed by atoms with Crippen LogP contribution in [-0.2, 0) is 11.3 Å². The normalized spacial score (nSPS) is 12.6. The van der Waals surface area contributed by atoms with Crippen molar-refractivity contribution in [1.82, 2.24) is 9.55 Å². The molecule has 5 nitrogen and oxygen atoms in total. The third kappa shape index (κ3) is 5.59. The summed E-state index contributed by atoms with van der Waals surface area (Å²) in [4.78, 5) is 29.0. The summed E-state index contributed by atoms with van der Waals surface area (Å²) < 4.78 is 1.70. The quantitative estimate of drug-likeness (QED) is 0.387. The lowest BCUT2D eigenvalue weighted by Crippen LogP contribution is -2.27. The van der Waals surface area contributed by atoms with Crippen molar-refractivity contribution < 1.29 is 4.79 Å². The van der Waals surface area contributed by atoms with Gasteiger partial charge in [0.15, 0.2) is 5.16 Å².